The number of hydrogen-bond acceptors (Lipinski definition) is 2. The maximum atomic E-state index is 13.4. The number of primary amides is 1. The second-order valence-electron chi connectivity index (χ2n) is 4.71. The van der Waals surface area contributed by atoms with Crippen molar-refractivity contribution < 1.29 is 18.4 Å². The van der Waals surface area contributed by atoms with E-state index in [9.17, 15) is 18.4 Å². The lowest BCUT2D eigenvalue weighted by molar-refractivity contribution is -0.128. The number of nitrogens with one attached hydrogen (secondary N) is 1. The van der Waals surface area contributed by atoms with E-state index in [1.54, 1.807) is 6.92 Å². The zero-order chi connectivity index (χ0) is 15.3. The molecule has 1 aromatic carbocycles. The van der Waals surface area contributed by atoms with Crippen molar-refractivity contribution in [1.29, 1.82) is 0 Å². The van der Waals surface area contributed by atoms with E-state index in [0.717, 1.165) is 12.1 Å². The minimum Gasteiger partial charge on any atom is -0.368 e. The molecule has 1 rings (SSSR count). The van der Waals surface area contributed by atoms with Crippen LogP contribution in [0.3, 0.4) is 0 Å². The number of carbonyl (C=O) groups excluding carboxylic acids is 2. The number of carbonyl (C=O) groups is 2. The Balaban J connectivity index is 2.79. The van der Waals surface area contributed by atoms with Crippen LogP contribution in [0.1, 0.15) is 25.8 Å². The molecule has 3 N–H and O–H groups in total. The molecule has 0 aliphatic carbocycles. The minimum atomic E-state index is -0.845. The number of nitrogens with two attached hydrogens (primary N) is 1. The van der Waals surface area contributed by atoms with Gasteiger partial charge in [0.1, 0.15) is 17.7 Å². The average Bonchev–Trinajstić information content (AvgIpc) is 2.39. The van der Waals surface area contributed by atoms with Crippen molar-refractivity contribution in [3.63, 3.8) is 0 Å². The Bertz CT molecular complexity index is 486. The third-order valence-electron chi connectivity index (χ3n) is 3.24. The summed E-state index contributed by atoms with van der Waals surface area (Å²) in [5, 5.41) is 2.42. The maximum Gasteiger partial charge on any atom is 0.240 e. The third kappa shape index (κ3) is 4.01. The highest BCUT2D eigenvalue weighted by molar-refractivity contribution is 5.87. The first-order chi connectivity index (χ1) is 9.36. The number of hydrogen-bond donors (Lipinski definition) is 2. The van der Waals surface area contributed by atoms with Crippen LogP contribution in [0.15, 0.2) is 18.2 Å². The van der Waals surface area contributed by atoms with Crippen LogP contribution in [0.5, 0.6) is 0 Å². The molecule has 0 aliphatic heterocycles. The molecule has 4 nitrogen and oxygen atoms in total. The molecule has 6 heteroatoms. The van der Waals surface area contributed by atoms with E-state index < -0.39 is 35.9 Å². The zero-order valence-electron chi connectivity index (χ0n) is 11.5. The second-order valence-corrected chi connectivity index (χ2v) is 4.71. The summed E-state index contributed by atoms with van der Waals surface area (Å²) in [6.07, 6.45) is 0.167. The largest absolute Gasteiger partial charge is 0.368 e. The first kappa shape index (κ1) is 16.1. The lowest BCUT2D eigenvalue weighted by atomic mass is 9.98. The Labute approximate surface area is 116 Å². The number of rotatable bonds is 6. The van der Waals surface area contributed by atoms with Gasteiger partial charge in [-0.3, -0.25) is 9.59 Å². The molecule has 0 saturated heterocycles. The van der Waals surface area contributed by atoms with Gasteiger partial charge in [0.05, 0.1) is 6.42 Å². The second kappa shape index (κ2) is 6.98. The smallest absolute Gasteiger partial charge is 0.240 e. The molecule has 0 saturated carbocycles. The van der Waals surface area contributed by atoms with Gasteiger partial charge in [-0.05, 0) is 18.1 Å². The summed E-state index contributed by atoms with van der Waals surface area (Å²) >= 11 is 0. The van der Waals surface area contributed by atoms with Gasteiger partial charge >= 0.3 is 0 Å². The molecule has 0 radical (unpaired) electrons. The van der Waals surface area contributed by atoms with Crippen LogP contribution in [0.2, 0.25) is 0 Å². The summed E-state index contributed by atoms with van der Waals surface area (Å²) in [4.78, 5) is 23.1. The maximum absolute atomic E-state index is 13.4. The summed E-state index contributed by atoms with van der Waals surface area (Å²) < 4.78 is 26.8. The Hall–Kier alpha value is -1.98. The third-order valence-corrected chi connectivity index (χ3v) is 3.24. The Morgan fingerprint density at radius 2 is 1.85 bits per heavy atom. The van der Waals surface area contributed by atoms with Crippen LogP contribution in [-0.2, 0) is 16.0 Å². The van der Waals surface area contributed by atoms with E-state index in [1.165, 1.54) is 6.07 Å². The Morgan fingerprint density at radius 3 is 2.30 bits per heavy atom. The van der Waals surface area contributed by atoms with Crippen molar-refractivity contribution in [1.82, 2.24) is 5.32 Å². The van der Waals surface area contributed by atoms with Crippen molar-refractivity contribution in [3.8, 4) is 0 Å². The van der Waals surface area contributed by atoms with Crippen molar-refractivity contribution in [3.05, 3.63) is 35.4 Å². The molecule has 0 heterocycles. The van der Waals surface area contributed by atoms with Gasteiger partial charge < -0.3 is 11.1 Å². The first-order valence-corrected chi connectivity index (χ1v) is 6.38. The molecular weight excluding hydrogens is 266 g/mol. The van der Waals surface area contributed by atoms with E-state index in [1.807, 2.05) is 6.92 Å². The number of amides is 2. The minimum absolute atomic E-state index is 0.151. The van der Waals surface area contributed by atoms with E-state index in [4.69, 9.17) is 5.73 Å². The van der Waals surface area contributed by atoms with Gasteiger partial charge in [0, 0.05) is 5.56 Å². The van der Waals surface area contributed by atoms with Crippen molar-refractivity contribution in [2.45, 2.75) is 32.7 Å². The lowest BCUT2D eigenvalue weighted by Crippen LogP contribution is -2.48. The molecule has 2 amide bonds. The predicted octanol–water partition coefficient (Wildman–Crippen LogP) is 1.52. The van der Waals surface area contributed by atoms with Gasteiger partial charge in [-0.25, -0.2) is 8.78 Å². The van der Waals surface area contributed by atoms with Crippen molar-refractivity contribution in [2.75, 3.05) is 0 Å². The fourth-order valence-corrected chi connectivity index (χ4v) is 1.82. The fourth-order valence-electron chi connectivity index (χ4n) is 1.82. The van der Waals surface area contributed by atoms with E-state index in [2.05, 4.69) is 5.32 Å². The van der Waals surface area contributed by atoms with E-state index in [-0.39, 0.29) is 11.5 Å². The molecule has 0 aliphatic rings. The molecule has 1 aromatic rings. The summed E-state index contributed by atoms with van der Waals surface area (Å²) in [5.41, 5.74) is 4.89. The van der Waals surface area contributed by atoms with Crippen LogP contribution < -0.4 is 11.1 Å². The quantitative estimate of drug-likeness (QED) is 0.831. The highest BCUT2D eigenvalue weighted by Crippen LogP contribution is 2.13. The standard InChI is InChI=1S/C14H18F2N2O2/c1-3-8(2)13(14(17)20)18-12(19)7-9-10(15)5-4-6-11(9)16/h4-6,8,13H,3,7H2,1-2H3,(H2,17,20)(H,18,19)/t8-,13-/m1/s1. The van der Waals surface area contributed by atoms with Crippen LogP contribution >= 0.6 is 0 Å². The average molecular weight is 284 g/mol. The molecule has 0 unspecified atom stereocenters. The SMILES string of the molecule is CC[C@@H](C)[C@@H](NC(=O)Cc1c(F)cccc1F)C(N)=O. The highest BCUT2D eigenvalue weighted by atomic mass is 19.1. The van der Waals surface area contributed by atoms with Gasteiger partial charge in [0.2, 0.25) is 11.8 Å². The van der Waals surface area contributed by atoms with Gasteiger partial charge in [0.25, 0.3) is 0 Å². The molecule has 20 heavy (non-hydrogen) atoms. The summed E-state index contributed by atoms with van der Waals surface area (Å²) in [7, 11) is 0. The highest BCUT2D eigenvalue weighted by Gasteiger charge is 2.24. The van der Waals surface area contributed by atoms with Gasteiger partial charge in [-0.15, -0.1) is 0 Å². The number of halogens is 2. The van der Waals surface area contributed by atoms with Crippen LogP contribution in [0.4, 0.5) is 8.78 Å². The monoisotopic (exact) mass is 284 g/mol. The zero-order valence-corrected chi connectivity index (χ0v) is 11.5. The predicted molar refractivity (Wildman–Crippen MR) is 70.6 cm³/mol. The van der Waals surface area contributed by atoms with Gasteiger partial charge in [0.15, 0.2) is 0 Å². The van der Waals surface area contributed by atoms with Gasteiger partial charge in [-0.1, -0.05) is 26.3 Å². The molecule has 0 bridgehead atoms. The fraction of sp³-hybridized carbons (Fsp3) is 0.429. The Morgan fingerprint density at radius 1 is 1.30 bits per heavy atom. The molecule has 2 atom stereocenters. The Kier molecular flexibility index (Phi) is 5.61. The lowest BCUT2D eigenvalue weighted by Gasteiger charge is -2.21. The van der Waals surface area contributed by atoms with E-state index in [0.29, 0.717) is 6.42 Å². The molecule has 110 valence electrons. The molecule has 0 fully saturated rings. The molecule has 0 spiro atoms. The van der Waals surface area contributed by atoms with Crippen molar-refractivity contribution in [2.24, 2.45) is 11.7 Å². The number of benzene rings is 1. The molecular formula is C14H18F2N2O2. The summed E-state index contributed by atoms with van der Waals surface area (Å²) in [5.74, 6) is -3.04. The van der Waals surface area contributed by atoms with Crippen LogP contribution in [0.25, 0.3) is 0 Å². The first-order valence-electron chi connectivity index (χ1n) is 6.38. The van der Waals surface area contributed by atoms with Gasteiger partial charge in [-0.2, -0.15) is 0 Å². The van der Waals surface area contributed by atoms with Crippen LogP contribution in [0, 0.1) is 17.6 Å². The summed E-state index contributed by atoms with van der Waals surface area (Å²) in [6, 6.07) is 2.53. The van der Waals surface area contributed by atoms with Crippen molar-refractivity contribution >= 4 is 11.8 Å². The topological polar surface area (TPSA) is 72.2 Å². The normalized spacial score (nSPS) is 13.6. The summed E-state index contributed by atoms with van der Waals surface area (Å²) in [6.45, 7) is 3.61. The molecule has 0 aromatic heterocycles. The van der Waals surface area contributed by atoms with Crippen LogP contribution in [-0.4, -0.2) is 17.9 Å². The van der Waals surface area contributed by atoms with E-state index >= 15 is 0 Å².